The summed E-state index contributed by atoms with van der Waals surface area (Å²) in [5.41, 5.74) is 0.870. The summed E-state index contributed by atoms with van der Waals surface area (Å²) >= 11 is 1.48. The molecule has 3 aromatic rings. The normalized spacial score (nSPS) is 12.7. The van der Waals surface area contributed by atoms with Gasteiger partial charge < -0.3 is 4.74 Å². The number of benzene rings is 1. The van der Waals surface area contributed by atoms with Gasteiger partial charge in [0.15, 0.2) is 5.13 Å². The largest absolute Gasteiger partial charge is 0.494 e. The number of hydrogen-bond acceptors (Lipinski definition) is 6. The van der Waals surface area contributed by atoms with Crippen LogP contribution in [0.4, 0.5) is 0 Å². The van der Waals surface area contributed by atoms with Crippen molar-refractivity contribution in [3.8, 4) is 10.9 Å². The first-order valence-corrected chi connectivity index (χ1v) is 8.33. The van der Waals surface area contributed by atoms with Crippen molar-refractivity contribution in [1.29, 1.82) is 0 Å². The molecular formula is C12H12N4O2S2. The Kier molecular flexibility index (Phi) is 3.49. The number of nitrogens with zero attached hydrogens (tertiary/aromatic N) is 4. The van der Waals surface area contributed by atoms with Gasteiger partial charge in [-0.3, -0.25) is 4.21 Å². The molecule has 0 amide bonds. The van der Waals surface area contributed by atoms with Crippen molar-refractivity contribution in [2.24, 2.45) is 0 Å². The fourth-order valence-electron chi connectivity index (χ4n) is 1.80. The molecule has 0 fully saturated rings. The Bertz CT molecular complexity index is 781. The van der Waals surface area contributed by atoms with E-state index >= 15 is 0 Å². The van der Waals surface area contributed by atoms with Gasteiger partial charge >= 0.3 is 0 Å². The number of ether oxygens (including phenoxy) is 1. The van der Waals surface area contributed by atoms with Crippen molar-refractivity contribution in [3.05, 3.63) is 24.5 Å². The minimum absolute atomic E-state index is 0.397. The summed E-state index contributed by atoms with van der Waals surface area (Å²) in [6.07, 6.45) is 3.10. The van der Waals surface area contributed by atoms with Crippen LogP contribution >= 0.6 is 11.3 Å². The third-order valence-electron chi connectivity index (χ3n) is 2.64. The zero-order valence-corrected chi connectivity index (χ0v) is 12.6. The van der Waals surface area contributed by atoms with Crippen LogP contribution in [-0.4, -0.2) is 36.8 Å². The Hall–Kier alpha value is -1.80. The molecule has 1 aromatic carbocycles. The maximum absolute atomic E-state index is 11.6. The summed E-state index contributed by atoms with van der Waals surface area (Å²) in [6.45, 7) is 2.57. The lowest BCUT2D eigenvalue weighted by Crippen LogP contribution is -2.01. The molecule has 0 spiro atoms. The van der Waals surface area contributed by atoms with E-state index in [1.807, 2.05) is 25.1 Å². The van der Waals surface area contributed by atoms with Crippen molar-refractivity contribution in [3.63, 3.8) is 0 Å². The van der Waals surface area contributed by atoms with E-state index in [1.165, 1.54) is 17.7 Å². The SMILES string of the molecule is CCOc1ccc2nc(-n3cnnc3S(C)=O)sc2c1. The highest BCUT2D eigenvalue weighted by molar-refractivity contribution is 7.84. The molecular weight excluding hydrogens is 296 g/mol. The van der Waals surface area contributed by atoms with Gasteiger partial charge in [0.25, 0.3) is 0 Å². The zero-order chi connectivity index (χ0) is 14.1. The molecule has 2 heterocycles. The number of rotatable bonds is 4. The number of thiazole rings is 1. The first-order valence-electron chi connectivity index (χ1n) is 5.96. The standard InChI is InChI=1S/C12H12N4O2S2/c1-3-18-8-4-5-9-10(6-8)19-11(14-9)16-7-13-15-12(16)20(2)17/h4-7H,3H2,1-2H3. The predicted molar refractivity (Wildman–Crippen MR) is 78.0 cm³/mol. The lowest BCUT2D eigenvalue weighted by atomic mass is 10.3. The molecule has 0 saturated heterocycles. The predicted octanol–water partition coefficient (Wildman–Crippen LogP) is 2.01. The lowest BCUT2D eigenvalue weighted by Gasteiger charge is -2.00. The summed E-state index contributed by atoms with van der Waals surface area (Å²) in [4.78, 5) is 4.51. The summed E-state index contributed by atoms with van der Waals surface area (Å²) in [5.74, 6) is 0.818. The van der Waals surface area contributed by atoms with E-state index in [2.05, 4.69) is 15.2 Å². The lowest BCUT2D eigenvalue weighted by molar-refractivity contribution is 0.341. The van der Waals surface area contributed by atoms with Crippen LogP contribution in [0, 0.1) is 0 Å². The molecule has 0 radical (unpaired) electrons. The van der Waals surface area contributed by atoms with E-state index in [0.717, 1.165) is 16.0 Å². The second kappa shape index (κ2) is 5.29. The molecule has 0 aliphatic rings. The number of fused-ring (bicyclic) bond motifs is 1. The van der Waals surface area contributed by atoms with Crippen LogP contribution in [0.3, 0.4) is 0 Å². The Morgan fingerprint density at radius 2 is 2.30 bits per heavy atom. The number of aromatic nitrogens is 4. The van der Waals surface area contributed by atoms with E-state index in [0.29, 0.717) is 16.9 Å². The van der Waals surface area contributed by atoms with E-state index in [4.69, 9.17) is 4.74 Å². The summed E-state index contributed by atoms with van der Waals surface area (Å²) in [5, 5.41) is 8.76. The Morgan fingerprint density at radius 3 is 3.05 bits per heavy atom. The fraction of sp³-hybridized carbons (Fsp3) is 0.250. The Labute approximate surface area is 121 Å². The van der Waals surface area contributed by atoms with Crippen molar-refractivity contribution in [2.75, 3.05) is 12.9 Å². The van der Waals surface area contributed by atoms with Gasteiger partial charge in [-0.05, 0) is 25.1 Å². The summed E-state index contributed by atoms with van der Waals surface area (Å²) in [7, 11) is -1.21. The molecule has 0 bridgehead atoms. The minimum Gasteiger partial charge on any atom is -0.494 e. The van der Waals surface area contributed by atoms with E-state index in [9.17, 15) is 4.21 Å². The quantitative estimate of drug-likeness (QED) is 0.737. The highest BCUT2D eigenvalue weighted by Crippen LogP contribution is 2.29. The maximum Gasteiger partial charge on any atom is 0.227 e. The average molecular weight is 308 g/mol. The molecule has 0 saturated carbocycles. The molecule has 6 nitrogen and oxygen atoms in total. The molecule has 104 valence electrons. The van der Waals surface area contributed by atoms with Gasteiger partial charge in [0.05, 0.1) is 27.6 Å². The third kappa shape index (κ3) is 2.32. The van der Waals surface area contributed by atoms with Crippen molar-refractivity contribution >= 4 is 32.4 Å². The van der Waals surface area contributed by atoms with Gasteiger partial charge in [-0.1, -0.05) is 11.3 Å². The molecule has 1 atom stereocenters. The average Bonchev–Trinajstić information content (AvgIpc) is 3.04. The molecule has 8 heteroatoms. The molecule has 2 aromatic heterocycles. The third-order valence-corrected chi connectivity index (χ3v) is 4.45. The Morgan fingerprint density at radius 1 is 1.45 bits per heavy atom. The molecule has 0 aliphatic heterocycles. The van der Waals surface area contributed by atoms with Gasteiger partial charge in [0.1, 0.15) is 12.1 Å². The molecule has 20 heavy (non-hydrogen) atoms. The van der Waals surface area contributed by atoms with Crippen LogP contribution < -0.4 is 4.74 Å². The topological polar surface area (TPSA) is 69.9 Å². The van der Waals surface area contributed by atoms with Crippen LogP contribution in [0.5, 0.6) is 5.75 Å². The monoisotopic (exact) mass is 308 g/mol. The van der Waals surface area contributed by atoms with Gasteiger partial charge in [-0.15, -0.1) is 10.2 Å². The first-order chi connectivity index (χ1) is 9.69. The van der Waals surface area contributed by atoms with Crippen LogP contribution in [0.25, 0.3) is 15.3 Å². The first kappa shape index (κ1) is 13.2. The van der Waals surface area contributed by atoms with Crippen molar-refractivity contribution in [1.82, 2.24) is 19.7 Å². The summed E-state index contributed by atoms with van der Waals surface area (Å²) < 4.78 is 19.7. The maximum atomic E-state index is 11.6. The molecule has 1 unspecified atom stereocenters. The number of hydrogen-bond donors (Lipinski definition) is 0. The van der Waals surface area contributed by atoms with Gasteiger partial charge in [-0.25, -0.2) is 9.55 Å². The van der Waals surface area contributed by atoms with E-state index < -0.39 is 10.8 Å². The van der Waals surface area contributed by atoms with E-state index in [-0.39, 0.29) is 0 Å². The molecule has 0 aliphatic carbocycles. The van der Waals surface area contributed by atoms with Gasteiger partial charge in [0.2, 0.25) is 5.16 Å². The smallest absolute Gasteiger partial charge is 0.227 e. The molecule has 0 N–H and O–H groups in total. The highest BCUT2D eigenvalue weighted by atomic mass is 32.2. The van der Waals surface area contributed by atoms with Gasteiger partial charge in [0, 0.05) is 6.26 Å². The fourth-order valence-corrected chi connectivity index (χ4v) is 3.40. The van der Waals surface area contributed by atoms with Crippen LogP contribution in [-0.2, 0) is 10.8 Å². The minimum atomic E-state index is -1.21. The highest BCUT2D eigenvalue weighted by Gasteiger charge is 2.14. The van der Waals surface area contributed by atoms with Crippen LogP contribution in [0.15, 0.2) is 29.7 Å². The zero-order valence-electron chi connectivity index (χ0n) is 10.9. The second-order valence-electron chi connectivity index (χ2n) is 4.00. The van der Waals surface area contributed by atoms with Crippen LogP contribution in [0.1, 0.15) is 6.92 Å². The van der Waals surface area contributed by atoms with Gasteiger partial charge in [-0.2, -0.15) is 0 Å². The second-order valence-corrected chi connectivity index (χ2v) is 6.28. The van der Waals surface area contributed by atoms with Crippen molar-refractivity contribution in [2.45, 2.75) is 12.1 Å². The van der Waals surface area contributed by atoms with E-state index in [1.54, 1.807) is 10.8 Å². The Balaban J connectivity index is 2.08. The summed E-state index contributed by atoms with van der Waals surface area (Å²) in [6, 6.07) is 5.75. The molecule has 3 rings (SSSR count). The van der Waals surface area contributed by atoms with Crippen LogP contribution in [0.2, 0.25) is 0 Å². The van der Waals surface area contributed by atoms with Crippen molar-refractivity contribution < 1.29 is 8.95 Å².